The second-order valence-electron chi connectivity index (χ2n) is 4.62. The molecule has 2 heterocycles. The smallest absolute Gasteiger partial charge is 0.253 e. The Morgan fingerprint density at radius 1 is 1.44 bits per heavy atom. The lowest BCUT2D eigenvalue weighted by molar-refractivity contribution is 0.290. The molecule has 0 aromatic carbocycles. The van der Waals surface area contributed by atoms with E-state index in [1.54, 1.807) is 0 Å². The molecular formula is C12H16IN3OS. The molecule has 0 unspecified atom stereocenters. The number of aromatic nitrogens is 2. The third-order valence-electron chi connectivity index (χ3n) is 2.97. The fraction of sp³-hybridized carbons (Fsp3) is 0.500. The van der Waals surface area contributed by atoms with Crippen molar-refractivity contribution in [3.63, 3.8) is 0 Å². The van der Waals surface area contributed by atoms with Gasteiger partial charge in [-0.05, 0) is 31.0 Å². The molecule has 0 radical (unpaired) electrons. The molecule has 1 fully saturated rings. The molecule has 0 bridgehead atoms. The van der Waals surface area contributed by atoms with Gasteiger partial charge in [-0.3, -0.25) is 0 Å². The Balaban J connectivity index is 0.00000120. The van der Waals surface area contributed by atoms with Gasteiger partial charge in [-0.2, -0.15) is 4.37 Å². The maximum Gasteiger partial charge on any atom is 0.253 e. The molecule has 1 aromatic rings. The number of hydrogen-bond donors (Lipinski definition) is 0. The quantitative estimate of drug-likeness (QED) is 0.757. The Morgan fingerprint density at radius 2 is 2.28 bits per heavy atom. The highest BCUT2D eigenvalue weighted by atomic mass is 127. The van der Waals surface area contributed by atoms with Gasteiger partial charge >= 0.3 is 0 Å². The van der Waals surface area contributed by atoms with Crippen molar-refractivity contribution < 1.29 is 4.74 Å². The fourth-order valence-corrected chi connectivity index (χ4v) is 2.32. The predicted molar refractivity (Wildman–Crippen MR) is 83.3 cm³/mol. The van der Waals surface area contributed by atoms with Crippen LogP contribution in [0, 0.1) is 5.92 Å². The highest BCUT2D eigenvalue weighted by molar-refractivity contribution is 14.0. The molecule has 0 spiro atoms. The van der Waals surface area contributed by atoms with Crippen LogP contribution in [0.25, 0.3) is 5.57 Å². The first-order valence-electron chi connectivity index (χ1n) is 5.86. The molecule has 1 saturated carbocycles. The Morgan fingerprint density at radius 3 is 3.00 bits per heavy atom. The highest BCUT2D eigenvalue weighted by Gasteiger charge is 2.24. The minimum Gasteiger partial charge on any atom is -0.475 e. The molecule has 0 amide bonds. The average Bonchev–Trinajstić information content (AvgIpc) is 3.04. The molecule has 0 N–H and O–H groups in total. The van der Waals surface area contributed by atoms with E-state index >= 15 is 0 Å². The summed E-state index contributed by atoms with van der Waals surface area (Å²) in [4.78, 5) is 2.12. The largest absolute Gasteiger partial charge is 0.475 e. The van der Waals surface area contributed by atoms with Gasteiger partial charge in [-0.1, -0.05) is 6.08 Å². The number of ether oxygens (including phenoxy) is 1. The number of allylic oxidation sites excluding steroid dienone is 2. The van der Waals surface area contributed by atoms with Crippen molar-refractivity contribution in [3.05, 3.63) is 24.0 Å². The van der Waals surface area contributed by atoms with Crippen LogP contribution >= 0.6 is 35.7 Å². The monoisotopic (exact) mass is 377 g/mol. The summed E-state index contributed by atoms with van der Waals surface area (Å²) in [5.74, 6) is 1.45. The van der Waals surface area contributed by atoms with Gasteiger partial charge in [0.2, 0.25) is 0 Å². The van der Waals surface area contributed by atoms with Crippen LogP contribution in [0.1, 0.15) is 18.5 Å². The van der Waals surface area contributed by atoms with E-state index in [0.717, 1.165) is 24.8 Å². The minimum atomic E-state index is 0. The SMILES string of the molecule is CN1C=CC=C(c2nsnc2OCC2CC2)C1.I. The molecule has 98 valence electrons. The van der Waals surface area contributed by atoms with Gasteiger partial charge in [0, 0.05) is 19.2 Å². The Hall–Kier alpha value is -0.630. The fourth-order valence-electron chi connectivity index (χ4n) is 1.79. The molecule has 3 rings (SSSR count). The van der Waals surface area contributed by atoms with E-state index in [1.165, 1.54) is 30.1 Å². The van der Waals surface area contributed by atoms with Crippen LogP contribution in [0.5, 0.6) is 5.88 Å². The summed E-state index contributed by atoms with van der Waals surface area (Å²) in [6.07, 6.45) is 8.75. The lowest BCUT2D eigenvalue weighted by Crippen LogP contribution is -2.16. The average molecular weight is 377 g/mol. The summed E-state index contributed by atoms with van der Waals surface area (Å²) in [6, 6.07) is 0. The lowest BCUT2D eigenvalue weighted by Gasteiger charge is -2.18. The molecular weight excluding hydrogens is 361 g/mol. The summed E-state index contributed by atoms with van der Waals surface area (Å²) in [5, 5.41) is 0. The van der Waals surface area contributed by atoms with Crippen molar-refractivity contribution in [2.45, 2.75) is 12.8 Å². The minimum absolute atomic E-state index is 0. The zero-order chi connectivity index (χ0) is 11.7. The van der Waals surface area contributed by atoms with E-state index in [1.807, 2.05) is 19.3 Å². The molecule has 6 heteroatoms. The summed E-state index contributed by atoms with van der Waals surface area (Å²) >= 11 is 1.22. The first-order chi connectivity index (χ1) is 8.33. The second kappa shape index (κ2) is 6.01. The molecule has 18 heavy (non-hydrogen) atoms. The van der Waals surface area contributed by atoms with Crippen molar-refractivity contribution in [2.24, 2.45) is 5.92 Å². The van der Waals surface area contributed by atoms with E-state index < -0.39 is 0 Å². The number of hydrogen-bond acceptors (Lipinski definition) is 5. The highest BCUT2D eigenvalue weighted by Crippen LogP contribution is 2.31. The third-order valence-corrected chi connectivity index (χ3v) is 3.48. The van der Waals surface area contributed by atoms with Crippen molar-refractivity contribution in [1.82, 2.24) is 13.6 Å². The first kappa shape index (κ1) is 13.8. The van der Waals surface area contributed by atoms with Crippen molar-refractivity contribution in [3.8, 4) is 5.88 Å². The van der Waals surface area contributed by atoms with Gasteiger partial charge in [0.1, 0.15) is 5.69 Å². The number of likely N-dealkylation sites (N-methyl/N-ethyl adjacent to an activating group) is 1. The number of rotatable bonds is 4. The van der Waals surface area contributed by atoms with E-state index in [0.29, 0.717) is 5.88 Å². The van der Waals surface area contributed by atoms with Gasteiger partial charge in [0.05, 0.1) is 18.3 Å². The molecule has 1 aliphatic carbocycles. The lowest BCUT2D eigenvalue weighted by atomic mass is 10.1. The summed E-state index contributed by atoms with van der Waals surface area (Å²) in [6.45, 7) is 1.65. The van der Waals surface area contributed by atoms with Crippen LogP contribution in [0.2, 0.25) is 0 Å². The topological polar surface area (TPSA) is 38.2 Å². The van der Waals surface area contributed by atoms with E-state index in [4.69, 9.17) is 4.74 Å². The van der Waals surface area contributed by atoms with Gasteiger partial charge in [-0.25, -0.2) is 0 Å². The maximum atomic E-state index is 5.74. The Labute approximate surface area is 128 Å². The zero-order valence-electron chi connectivity index (χ0n) is 10.2. The normalized spacial score (nSPS) is 18.3. The van der Waals surface area contributed by atoms with Gasteiger partial charge < -0.3 is 9.64 Å². The van der Waals surface area contributed by atoms with Gasteiger partial charge in [-0.15, -0.1) is 28.4 Å². The van der Waals surface area contributed by atoms with E-state index in [-0.39, 0.29) is 24.0 Å². The zero-order valence-corrected chi connectivity index (χ0v) is 13.4. The Kier molecular flexibility index (Phi) is 4.60. The second-order valence-corrected chi connectivity index (χ2v) is 5.15. The third kappa shape index (κ3) is 3.23. The molecule has 2 aliphatic rings. The van der Waals surface area contributed by atoms with Crippen LogP contribution in [0.15, 0.2) is 18.4 Å². The number of nitrogens with zero attached hydrogens (tertiary/aromatic N) is 3. The van der Waals surface area contributed by atoms with Crippen LogP contribution in [0.3, 0.4) is 0 Å². The standard InChI is InChI=1S/C12H15N3OS.HI/c1-15-6-2-3-10(7-15)11-12(14-17-13-11)16-8-9-4-5-9;/h2-3,6,9H,4-5,7-8H2,1H3;1H. The maximum absolute atomic E-state index is 5.74. The van der Waals surface area contributed by atoms with E-state index in [2.05, 4.69) is 19.7 Å². The molecule has 0 saturated heterocycles. The van der Waals surface area contributed by atoms with Crippen LogP contribution in [0.4, 0.5) is 0 Å². The first-order valence-corrected chi connectivity index (χ1v) is 6.59. The predicted octanol–water partition coefficient (Wildman–Crippen LogP) is 2.79. The molecule has 4 nitrogen and oxygen atoms in total. The van der Waals surface area contributed by atoms with Crippen molar-refractivity contribution >= 4 is 41.3 Å². The van der Waals surface area contributed by atoms with Crippen LogP contribution in [-0.2, 0) is 0 Å². The summed E-state index contributed by atoms with van der Waals surface area (Å²) in [5.41, 5.74) is 2.08. The van der Waals surface area contributed by atoms with Gasteiger partial charge in [0.15, 0.2) is 0 Å². The summed E-state index contributed by atoms with van der Waals surface area (Å²) < 4.78 is 14.3. The summed E-state index contributed by atoms with van der Waals surface area (Å²) in [7, 11) is 2.05. The van der Waals surface area contributed by atoms with Crippen LogP contribution in [-0.4, -0.2) is 33.8 Å². The van der Waals surface area contributed by atoms with Crippen LogP contribution < -0.4 is 4.74 Å². The molecule has 0 atom stereocenters. The van der Waals surface area contributed by atoms with Crippen molar-refractivity contribution in [1.29, 1.82) is 0 Å². The number of halogens is 1. The van der Waals surface area contributed by atoms with Gasteiger partial charge in [0.25, 0.3) is 5.88 Å². The molecule has 1 aromatic heterocycles. The van der Waals surface area contributed by atoms with E-state index in [9.17, 15) is 0 Å². The Bertz CT molecular complexity index is 468. The molecule has 1 aliphatic heterocycles. The van der Waals surface area contributed by atoms with Crippen molar-refractivity contribution in [2.75, 3.05) is 20.2 Å².